The van der Waals surface area contributed by atoms with Crippen molar-refractivity contribution >= 4 is 40.1 Å². The fraction of sp³-hybridized carbons (Fsp3) is 0.375. The molecular weight excluding hydrogens is 428 g/mol. The second kappa shape index (κ2) is 10.0. The van der Waals surface area contributed by atoms with Gasteiger partial charge in [0.2, 0.25) is 5.91 Å². The highest BCUT2D eigenvalue weighted by molar-refractivity contribution is 6.32. The minimum atomic E-state index is -0.282. The summed E-state index contributed by atoms with van der Waals surface area (Å²) in [5.74, 6) is 1.40. The molecule has 2 aromatic carbocycles. The van der Waals surface area contributed by atoms with E-state index in [1.807, 2.05) is 29.8 Å². The first-order valence-corrected chi connectivity index (χ1v) is 11.3. The minimum absolute atomic E-state index is 0.143. The van der Waals surface area contributed by atoms with Crippen LogP contribution in [0.15, 0.2) is 42.5 Å². The van der Waals surface area contributed by atoms with Gasteiger partial charge in [0.1, 0.15) is 11.6 Å². The van der Waals surface area contributed by atoms with Crippen molar-refractivity contribution in [3.8, 4) is 5.75 Å². The summed E-state index contributed by atoms with van der Waals surface area (Å²) < 4.78 is 7.50. The lowest BCUT2D eigenvalue weighted by Gasteiger charge is -2.10. The maximum Gasteiger partial charge on any atom is 0.262 e. The molecule has 168 valence electrons. The quantitative estimate of drug-likeness (QED) is 0.536. The van der Waals surface area contributed by atoms with E-state index in [4.69, 9.17) is 21.3 Å². The standard InChI is InChI=1S/C24H27ClN4O3/c1-29-20-11-10-17(27-23(30)15-32-21-9-5-4-8-18(21)25)14-19(20)28-22(29)12-13-26-24(31)16-6-2-3-7-16/h4-5,8-11,14,16H,2-3,6-7,12-13,15H2,1H3,(H,26,31)(H,27,30). The molecule has 1 aromatic heterocycles. The summed E-state index contributed by atoms with van der Waals surface area (Å²) in [7, 11) is 1.96. The van der Waals surface area contributed by atoms with E-state index >= 15 is 0 Å². The van der Waals surface area contributed by atoms with Gasteiger partial charge >= 0.3 is 0 Å². The van der Waals surface area contributed by atoms with Crippen LogP contribution in [0.5, 0.6) is 5.75 Å². The third-order valence-corrected chi connectivity index (χ3v) is 6.14. The highest BCUT2D eigenvalue weighted by Crippen LogP contribution is 2.25. The number of aryl methyl sites for hydroxylation is 1. The molecule has 1 aliphatic rings. The Morgan fingerprint density at radius 3 is 2.75 bits per heavy atom. The molecule has 0 radical (unpaired) electrons. The highest BCUT2D eigenvalue weighted by Gasteiger charge is 2.22. The zero-order valence-electron chi connectivity index (χ0n) is 18.1. The normalized spacial score (nSPS) is 13.9. The molecule has 0 bridgehead atoms. The molecule has 0 spiro atoms. The van der Waals surface area contributed by atoms with E-state index in [2.05, 4.69) is 10.6 Å². The number of nitrogens with zero attached hydrogens (tertiary/aromatic N) is 2. The number of fused-ring (bicyclic) bond motifs is 1. The Hall–Kier alpha value is -3.06. The predicted octanol–water partition coefficient (Wildman–Crippen LogP) is 4.09. The Balaban J connectivity index is 1.33. The largest absolute Gasteiger partial charge is 0.482 e. The maximum absolute atomic E-state index is 12.3. The molecule has 7 nitrogen and oxygen atoms in total. The molecule has 2 amide bonds. The van der Waals surface area contributed by atoms with Gasteiger partial charge in [-0.2, -0.15) is 0 Å². The van der Waals surface area contributed by atoms with E-state index < -0.39 is 0 Å². The van der Waals surface area contributed by atoms with Crippen molar-refractivity contribution in [3.63, 3.8) is 0 Å². The lowest BCUT2D eigenvalue weighted by Crippen LogP contribution is -2.31. The Morgan fingerprint density at radius 2 is 1.97 bits per heavy atom. The lowest BCUT2D eigenvalue weighted by molar-refractivity contribution is -0.124. The van der Waals surface area contributed by atoms with Crippen LogP contribution < -0.4 is 15.4 Å². The molecule has 0 unspecified atom stereocenters. The zero-order chi connectivity index (χ0) is 22.5. The number of aromatic nitrogens is 2. The van der Waals surface area contributed by atoms with Gasteiger partial charge in [-0.3, -0.25) is 9.59 Å². The molecule has 1 fully saturated rings. The summed E-state index contributed by atoms with van der Waals surface area (Å²) in [4.78, 5) is 29.2. The lowest BCUT2D eigenvalue weighted by atomic mass is 10.1. The van der Waals surface area contributed by atoms with E-state index in [0.717, 1.165) is 42.5 Å². The summed E-state index contributed by atoms with van der Waals surface area (Å²) in [5, 5.41) is 6.33. The van der Waals surface area contributed by atoms with Gasteiger partial charge in [0, 0.05) is 31.6 Å². The molecule has 8 heteroatoms. The number of ether oxygens (including phenoxy) is 1. The molecule has 1 aliphatic carbocycles. The molecule has 3 aromatic rings. The van der Waals surface area contributed by atoms with Gasteiger partial charge in [-0.05, 0) is 43.2 Å². The van der Waals surface area contributed by atoms with Crippen molar-refractivity contribution in [3.05, 3.63) is 53.3 Å². The number of halogens is 1. The number of carbonyl (C=O) groups excluding carboxylic acids is 2. The number of imidazole rings is 1. The summed E-state index contributed by atoms with van der Waals surface area (Å²) >= 11 is 6.05. The smallest absolute Gasteiger partial charge is 0.262 e. The van der Waals surface area contributed by atoms with Crippen molar-refractivity contribution in [2.24, 2.45) is 13.0 Å². The van der Waals surface area contributed by atoms with Crippen molar-refractivity contribution in [1.29, 1.82) is 0 Å². The summed E-state index contributed by atoms with van der Waals surface area (Å²) in [5.41, 5.74) is 2.39. The van der Waals surface area contributed by atoms with Gasteiger partial charge in [0.15, 0.2) is 6.61 Å². The zero-order valence-corrected chi connectivity index (χ0v) is 18.8. The Labute approximate surface area is 192 Å². The average molecular weight is 455 g/mol. The van der Waals surface area contributed by atoms with Crippen LogP contribution in [0.1, 0.15) is 31.5 Å². The average Bonchev–Trinajstić information content (AvgIpc) is 3.42. The van der Waals surface area contributed by atoms with E-state index in [1.54, 1.807) is 24.3 Å². The van der Waals surface area contributed by atoms with Crippen LogP contribution in [0, 0.1) is 5.92 Å². The number of carbonyl (C=O) groups is 2. The van der Waals surface area contributed by atoms with Crippen molar-refractivity contribution < 1.29 is 14.3 Å². The van der Waals surface area contributed by atoms with Crippen molar-refractivity contribution in [2.45, 2.75) is 32.1 Å². The highest BCUT2D eigenvalue weighted by atomic mass is 35.5. The van der Waals surface area contributed by atoms with Gasteiger partial charge in [-0.15, -0.1) is 0 Å². The molecule has 1 saturated carbocycles. The van der Waals surface area contributed by atoms with Crippen LogP contribution in [-0.2, 0) is 23.1 Å². The topological polar surface area (TPSA) is 85.3 Å². The summed E-state index contributed by atoms with van der Waals surface area (Å²) in [6, 6.07) is 12.6. The van der Waals surface area contributed by atoms with Gasteiger partial charge in [-0.1, -0.05) is 36.6 Å². The van der Waals surface area contributed by atoms with Crippen LogP contribution in [0.3, 0.4) is 0 Å². The fourth-order valence-electron chi connectivity index (χ4n) is 4.08. The number of rotatable bonds is 8. The van der Waals surface area contributed by atoms with Gasteiger partial charge in [-0.25, -0.2) is 4.98 Å². The van der Waals surface area contributed by atoms with Crippen LogP contribution in [-0.4, -0.2) is 34.5 Å². The van der Waals surface area contributed by atoms with E-state index in [9.17, 15) is 9.59 Å². The number of hydrogen-bond donors (Lipinski definition) is 2. The summed E-state index contributed by atoms with van der Waals surface area (Å²) in [6.07, 6.45) is 4.94. The van der Waals surface area contributed by atoms with Crippen LogP contribution >= 0.6 is 11.6 Å². The van der Waals surface area contributed by atoms with Gasteiger partial charge < -0.3 is 19.9 Å². The first-order valence-electron chi connectivity index (χ1n) is 10.9. The second-order valence-electron chi connectivity index (χ2n) is 8.08. The second-order valence-corrected chi connectivity index (χ2v) is 8.49. The maximum atomic E-state index is 12.3. The molecule has 0 aliphatic heterocycles. The molecule has 1 heterocycles. The van der Waals surface area contributed by atoms with Crippen molar-refractivity contribution in [1.82, 2.24) is 14.9 Å². The number of amides is 2. The number of anilines is 1. The number of hydrogen-bond acceptors (Lipinski definition) is 4. The Morgan fingerprint density at radius 1 is 1.19 bits per heavy atom. The Kier molecular flexibility index (Phi) is 6.95. The molecule has 0 saturated heterocycles. The van der Waals surface area contributed by atoms with Gasteiger partial charge in [0.25, 0.3) is 5.91 Å². The SMILES string of the molecule is Cn1c(CCNC(=O)C2CCCC2)nc2cc(NC(=O)COc3ccccc3Cl)ccc21. The molecule has 0 atom stereocenters. The third kappa shape index (κ3) is 5.22. The fourth-order valence-corrected chi connectivity index (χ4v) is 4.27. The monoisotopic (exact) mass is 454 g/mol. The summed E-state index contributed by atoms with van der Waals surface area (Å²) in [6.45, 7) is 0.422. The minimum Gasteiger partial charge on any atom is -0.482 e. The molecular formula is C24H27ClN4O3. The molecule has 2 N–H and O–H groups in total. The first-order chi connectivity index (χ1) is 15.5. The van der Waals surface area contributed by atoms with Crippen LogP contribution in [0.4, 0.5) is 5.69 Å². The van der Waals surface area contributed by atoms with E-state index in [0.29, 0.717) is 29.4 Å². The van der Waals surface area contributed by atoms with Crippen molar-refractivity contribution in [2.75, 3.05) is 18.5 Å². The third-order valence-electron chi connectivity index (χ3n) is 5.83. The number of benzene rings is 2. The predicted molar refractivity (Wildman–Crippen MR) is 125 cm³/mol. The molecule has 32 heavy (non-hydrogen) atoms. The Bertz CT molecular complexity index is 1120. The van der Waals surface area contributed by atoms with Crippen LogP contribution in [0.2, 0.25) is 5.02 Å². The molecule has 4 rings (SSSR count). The van der Waals surface area contributed by atoms with E-state index in [-0.39, 0.29) is 24.3 Å². The number of nitrogens with one attached hydrogen (secondary N) is 2. The van der Waals surface area contributed by atoms with Crippen LogP contribution in [0.25, 0.3) is 11.0 Å². The van der Waals surface area contributed by atoms with Gasteiger partial charge in [0.05, 0.1) is 16.1 Å². The first kappa shape index (κ1) is 22.1. The number of para-hydroxylation sites is 1. The van der Waals surface area contributed by atoms with E-state index in [1.165, 1.54) is 0 Å².